The monoisotopic (exact) mass is 883 g/mol. The number of pyridine rings is 2. The van der Waals surface area contributed by atoms with Crippen molar-refractivity contribution >= 4 is 23.2 Å². The Bertz CT molecular complexity index is 2770. The number of likely N-dealkylation sites (N-methyl/N-ethyl adjacent to an activating group) is 1. The number of nitrogens with zero attached hydrogens (tertiary/aromatic N) is 5. The van der Waals surface area contributed by atoms with Gasteiger partial charge in [-0.2, -0.15) is 5.26 Å². The third kappa shape index (κ3) is 8.40. The largest absolute Gasteiger partial charge is 0.463 e. The fourth-order valence-electron chi connectivity index (χ4n) is 9.14. The first-order valence-electron chi connectivity index (χ1n) is 22.6. The van der Waals surface area contributed by atoms with Gasteiger partial charge in [-0.1, -0.05) is 109 Å². The summed E-state index contributed by atoms with van der Waals surface area (Å²) in [6.45, 7) is -0.458. The van der Waals surface area contributed by atoms with Crippen molar-refractivity contribution < 1.29 is 29.3 Å². The highest BCUT2D eigenvalue weighted by Crippen LogP contribution is 2.45. The van der Waals surface area contributed by atoms with Gasteiger partial charge in [0.15, 0.2) is 12.2 Å². The van der Waals surface area contributed by atoms with E-state index in [2.05, 4.69) is 42.5 Å². The van der Waals surface area contributed by atoms with Crippen molar-refractivity contribution in [2.75, 3.05) is 36.6 Å². The normalized spacial score (nSPS) is 18.8. The summed E-state index contributed by atoms with van der Waals surface area (Å²) < 4.78 is 11.9. The van der Waals surface area contributed by atoms with Crippen LogP contribution in [0.1, 0.15) is 62.5 Å². The molecule has 2 saturated carbocycles. The summed E-state index contributed by atoms with van der Waals surface area (Å²) in [7, 11) is 1.72. The Hall–Kier alpha value is -6.95. The van der Waals surface area contributed by atoms with Gasteiger partial charge in [0, 0.05) is 66.4 Å². The molecule has 4 aliphatic rings. The van der Waals surface area contributed by atoms with Crippen molar-refractivity contribution in [3.8, 4) is 62.6 Å². The molecule has 2 aromatic heterocycles. The second kappa shape index (κ2) is 18.5. The predicted molar refractivity (Wildman–Crippen MR) is 253 cm³/mol. The van der Waals surface area contributed by atoms with Gasteiger partial charge in [0.25, 0.3) is 11.8 Å². The van der Waals surface area contributed by atoms with Gasteiger partial charge in [0.1, 0.15) is 17.9 Å². The maximum Gasteiger partial charge on any atom is 0.269 e. The van der Waals surface area contributed by atoms with Gasteiger partial charge in [0.05, 0.1) is 17.5 Å². The highest BCUT2D eigenvalue weighted by atomic mass is 16.5. The van der Waals surface area contributed by atoms with Crippen LogP contribution < -0.4 is 30.7 Å². The molecule has 2 fully saturated rings. The molecular formula is C53H53N7O6. The van der Waals surface area contributed by atoms with Crippen LogP contribution in [0.25, 0.3) is 44.8 Å². The van der Waals surface area contributed by atoms with E-state index in [9.17, 15) is 25.1 Å². The summed E-state index contributed by atoms with van der Waals surface area (Å²) in [5.41, 5.74) is 23.0. The van der Waals surface area contributed by atoms with E-state index in [-0.39, 0.29) is 61.4 Å². The Labute approximate surface area is 384 Å². The number of aromatic nitrogens is 2. The minimum atomic E-state index is -0.883. The molecule has 0 radical (unpaired) electrons. The van der Waals surface area contributed by atoms with Crippen molar-refractivity contribution in [1.82, 2.24) is 9.97 Å². The Balaban J connectivity index is 0.000000166. The van der Waals surface area contributed by atoms with E-state index in [1.807, 2.05) is 84.9 Å². The molecule has 0 saturated heterocycles. The number of carbonyl (C=O) groups excluding carboxylic acids is 2. The summed E-state index contributed by atoms with van der Waals surface area (Å²) in [5.74, 6) is 0.146. The molecule has 6 aromatic rings. The number of ether oxygens (including phenoxy) is 2. The molecule has 0 bridgehead atoms. The lowest BCUT2D eigenvalue weighted by Crippen LogP contribution is -2.46. The second-order valence-electron chi connectivity index (χ2n) is 17.5. The van der Waals surface area contributed by atoms with Gasteiger partial charge in [-0.3, -0.25) is 14.5 Å². The number of anilines is 2. The molecular weight excluding hydrogens is 831 g/mol. The number of hydrogen-bond acceptors (Lipinski definition) is 11. The first-order chi connectivity index (χ1) is 32.0. The summed E-state index contributed by atoms with van der Waals surface area (Å²) in [5, 5.41) is 28.1. The van der Waals surface area contributed by atoms with Crippen LogP contribution >= 0.6 is 0 Å². The Morgan fingerprint density at radius 1 is 0.636 bits per heavy atom. The van der Waals surface area contributed by atoms with E-state index in [1.165, 1.54) is 11.3 Å². The summed E-state index contributed by atoms with van der Waals surface area (Å²) in [6.07, 6.45) is 5.05. The van der Waals surface area contributed by atoms with Crippen molar-refractivity contribution in [3.63, 3.8) is 0 Å². The zero-order valence-electron chi connectivity index (χ0n) is 36.9. The maximum atomic E-state index is 12.9. The Morgan fingerprint density at radius 2 is 1.06 bits per heavy atom. The highest BCUT2D eigenvalue weighted by molar-refractivity contribution is 6.02. The number of carbonyl (C=O) groups is 2. The van der Waals surface area contributed by atoms with Crippen LogP contribution in [0.5, 0.6) is 11.8 Å². The van der Waals surface area contributed by atoms with E-state index >= 15 is 0 Å². The summed E-state index contributed by atoms with van der Waals surface area (Å²) >= 11 is 0. The molecule has 2 aliphatic carbocycles. The van der Waals surface area contributed by atoms with Crippen LogP contribution in [0.3, 0.4) is 0 Å². The molecule has 66 heavy (non-hydrogen) atoms. The molecule has 2 aliphatic heterocycles. The maximum absolute atomic E-state index is 12.9. The van der Waals surface area contributed by atoms with Crippen LogP contribution in [0.2, 0.25) is 0 Å². The molecule has 4 aromatic carbocycles. The van der Waals surface area contributed by atoms with Gasteiger partial charge in [-0.25, -0.2) is 9.97 Å². The zero-order chi connectivity index (χ0) is 46.0. The predicted octanol–water partition coefficient (Wildman–Crippen LogP) is 7.61. The molecule has 2 atom stereocenters. The average molecular weight is 884 g/mol. The second-order valence-corrected chi connectivity index (χ2v) is 17.5. The first kappa shape index (κ1) is 44.3. The van der Waals surface area contributed by atoms with Gasteiger partial charge in [0.2, 0.25) is 11.8 Å². The van der Waals surface area contributed by atoms with Crippen LogP contribution in [-0.2, 0) is 20.7 Å². The molecule has 10 rings (SSSR count). The minimum absolute atomic E-state index is 0.125. The van der Waals surface area contributed by atoms with Crippen LogP contribution in [0.15, 0.2) is 121 Å². The van der Waals surface area contributed by atoms with E-state index in [0.29, 0.717) is 22.9 Å². The van der Waals surface area contributed by atoms with Crippen molar-refractivity contribution in [2.45, 2.75) is 74.7 Å². The van der Waals surface area contributed by atoms with Crippen molar-refractivity contribution in [1.29, 1.82) is 5.26 Å². The number of benzene rings is 4. The Kier molecular flexibility index (Phi) is 12.4. The van der Waals surface area contributed by atoms with Crippen molar-refractivity contribution in [2.24, 2.45) is 11.5 Å². The fourth-order valence-corrected chi connectivity index (χ4v) is 9.14. The lowest BCUT2D eigenvalue weighted by molar-refractivity contribution is -0.127. The molecule has 4 heterocycles. The molecule has 2 amide bonds. The third-order valence-corrected chi connectivity index (χ3v) is 13.4. The van der Waals surface area contributed by atoms with Crippen LogP contribution in [0.4, 0.5) is 11.4 Å². The molecule has 336 valence electrons. The number of fused-ring (bicyclic) bond motifs is 2. The zero-order valence-corrected chi connectivity index (χ0v) is 36.9. The molecule has 13 heteroatoms. The molecule has 0 spiro atoms. The Morgan fingerprint density at radius 3 is 1.47 bits per heavy atom. The summed E-state index contributed by atoms with van der Waals surface area (Å²) in [4.78, 5) is 38.3. The smallest absolute Gasteiger partial charge is 0.269 e. The van der Waals surface area contributed by atoms with Gasteiger partial charge >= 0.3 is 0 Å². The van der Waals surface area contributed by atoms with E-state index in [1.54, 1.807) is 11.9 Å². The first-order valence-corrected chi connectivity index (χ1v) is 22.6. The molecule has 2 unspecified atom stereocenters. The number of aliphatic hydroxyl groups excluding tert-OH is 2. The summed E-state index contributed by atoms with van der Waals surface area (Å²) in [6, 6.07) is 42.2. The van der Waals surface area contributed by atoms with E-state index in [0.717, 1.165) is 82.3 Å². The minimum Gasteiger partial charge on any atom is -0.463 e. The number of hydrogen-bond donors (Lipinski definition) is 4. The van der Waals surface area contributed by atoms with E-state index in [4.69, 9.17) is 30.9 Å². The molecule has 6 N–H and O–H groups in total. The van der Waals surface area contributed by atoms with Gasteiger partial charge in [-0.05, 0) is 72.9 Å². The lowest BCUT2D eigenvalue weighted by atomic mass is 9.72. The number of nitriles is 1. The van der Waals surface area contributed by atoms with Crippen LogP contribution in [0, 0.1) is 11.3 Å². The number of nitrogens with two attached hydrogens (primary N) is 2. The lowest BCUT2D eigenvalue weighted by Gasteiger charge is -2.38. The van der Waals surface area contributed by atoms with Gasteiger partial charge in [-0.15, -0.1) is 0 Å². The number of aliphatic hydroxyl groups is 2. The third-order valence-electron chi connectivity index (χ3n) is 13.4. The van der Waals surface area contributed by atoms with Crippen LogP contribution in [-0.4, -0.2) is 71.0 Å². The standard InChI is InChI=1S/C27H26N4O3.C26H27N3O3/c28-14-15-31-22-17-21(18-5-2-1-3-6-18)24(30-25(22)34-23(11-16-32)26(31)33)19-7-9-20(10-8-19)27(29)12-4-13-27;1-29-21-16-20(17-6-3-2-4-7-17)23(28-24(21)32-22(12-15-30)25(29)31)18-8-10-19(11-9-18)26(27)13-5-14-26/h1-3,5-10,17,23,32H,4,11-13,15-16,29H2;2-4,6-11,16,22,30H,5,12-15,27H2,1H3. The highest BCUT2D eigenvalue weighted by Gasteiger charge is 2.38. The fraction of sp³-hybridized carbons (Fsp3) is 0.302. The SMILES string of the molecule is CN1C(=O)C(CCO)Oc2nc(-c3ccc(C4(N)CCC4)cc3)c(-c3ccccc3)cc21.N#CCN1C(=O)C(CCO)Oc2nc(-c3ccc(C4(N)CCC4)cc3)c(-c3ccccc3)cc21. The van der Waals surface area contributed by atoms with E-state index < -0.39 is 12.2 Å². The van der Waals surface area contributed by atoms with Gasteiger partial charge < -0.3 is 36.1 Å². The van der Waals surface area contributed by atoms with Crippen molar-refractivity contribution in [3.05, 3.63) is 132 Å². The topological polar surface area (TPSA) is 201 Å². The number of rotatable bonds is 11. The quantitative estimate of drug-likeness (QED) is 0.0934. The molecule has 13 nitrogen and oxygen atoms in total. The number of amides is 2. The average Bonchev–Trinajstić information content (AvgIpc) is 3.33.